The van der Waals surface area contributed by atoms with E-state index in [1.54, 1.807) is 26.8 Å². The van der Waals surface area contributed by atoms with Crippen molar-refractivity contribution in [2.45, 2.75) is 162 Å². The first-order valence-corrected chi connectivity index (χ1v) is 16.9. The van der Waals surface area contributed by atoms with Crippen LogP contribution in [-0.2, 0) is 20.9 Å². The maximum Gasteiger partial charge on any atom is 0.391 e. The zero-order chi connectivity index (χ0) is 34.4. The molecule has 258 valence electrons. The second-order valence-corrected chi connectivity index (χ2v) is 12.7. The summed E-state index contributed by atoms with van der Waals surface area (Å²) in [7, 11) is 0. The number of nitrogens with zero attached hydrogens (tertiary/aromatic N) is 1. The van der Waals surface area contributed by atoms with Gasteiger partial charge in [-0.1, -0.05) is 64.7 Å². The van der Waals surface area contributed by atoms with E-state index in [0.29, 0.717) is 49.9 Å². The van der Waals surface area contributed by atoms with Crippen LogP contribution in [0.15, 0.2) is 18.2 Å². The minimum Gasteiger partial charge on any atom is -0.460 e. The lowest BCUT2D eigenvalue weighted by Gasteiger charge is -2.34. The molecule has 7 nitrogen and oxygen atoms in total. The van der Waals surface area contributed by atoms with Gasteiger partial charge in [-0.25, -0.2) is 0 Å². The maximum atomic E-state index is 12.5. The van der Waals surface area contributed by atoms with Crippen molar-refractivity contribution in [1.82, 2.24) is 10.2 Å². The minimum absolute atomic E-state index is 0.0318. The molecule has 45 heavy (non-hydrogen) atoms. The van der Waals surface area contributed by atoms with Crippen molar-refractivity contribution in [3.8, 4) is 0 Å². The molecule has 0 bridgehead atoms. The Hall–Kier alpha value is -2.62. The highest BCUT2D eigenvalue weighted by Gasteiger charge is 2.41. The number of amides is 2. The molecule has 0 spiro atoms. The summed E-state index contributed by atoms with van der Waals surface area (Å²) in [5.74, 6) is -2.30. The largest absolute Gasteiger partial charge is 0.460 e. The summed E-state index contributed by atoms with van der Waals surface area (Å²) in [6.45, 7) is 15.6. The number of halogens is 3. The Kier molecular flexibility index (Phi) is 17.2. The fourth-order valence-electron chi connectivity index (χ4n) is 6.01. The van der Waals surface area contributed by atoms with E-state index in [4.69, 9.17) is 10.5 Å². The van der Waals surface area contributed by atoms with Crippen molar-refractivity contribution in [1.29, 1.82) is 0 Å². The lowest BCUT2D eigenvalue weighted by molar-refractivity contribution is -0.182. The first-order valence-electron chi connectivity index (χ1n) is 16.9. The topological polar surface area (TPSA) is 102 Å². The van der Waals surface area contributed by atoms with E-state index in [9.17, 15) is 27.6 Å². The second-order valence-electron chi connectivity index (χ2n) is 12.7. The highest BCUT2D eigenvalue weighted by Crippen LogP contribution is 2.38. The minimum atomic E-state index is -3.98. The summed E-state index contributed by atoms with van der Waals surface area (Å²) in [5.41, 5.74) is 7.40. The molecule has 3 N–H and O–H groups in total. The summed E-state index contributed by atoms with van der Waals surface area (Å²) in [5, 5.41) is 3.56. The van der Waals surface area contributed by atoms with Crippen LogP contribution in [0.5, 0.6) is 0 Å². The molecule has 2 amide bonds. The second kappa shape index (κ2) is 19.1. The summed E-state index contributed by atoms with van der Waals surface area (Å²) in [6.07, 6.45) is 4.51. The van der Waals surface area contributed by atoms with Gasteiger partial charge in [-0.15, -0.1) is 0 Å². The monoisotopic (exact) mass is 641 g/mol. The Morgan fingerprint density at radius 3 is 2.02 bits per heavy atom. The van der Waals surface area contributed by atoms with Crippen LogP contribution in [0.2, 0.25) is 0 Å². The molecular weight excluding hydrogens is 583 g/mol. The average Bonchev–Trinajstić information content (AvgIpc) is 3.29. The molecule has 10 heteroatoms. The van der Waals surface area contributed by atoms with E-state index in [2.05, 4.69) is 5.32 Å². The number of nitrogens with one attached hydrogen (secondary N) is 1. The van der Waals surface area contributed by atoms with Crippen molar-refractivity contribution in [2.24, 2.45) is 11.7 Å². The molecule has 2 aliphatic carbocycles. The third-order valence-corrected chi connectivity index (χ3v) is 8.11. The third kappa shape index (κ3) is 13.7. The summed E-state index contributed by atoms with van der Waals surface area (Å²) in [6, 6.07) is 5.63. The average molecular weight is 642 g/mol. The summed E-state index contributed by atoms with van der Waals surface area (Å²) >= 11 is 0. The Morgan fingerprint density at radius 1 is 0.956 bits per heavy atom. The van der Waals surface area contributed by atoms with Crippen LogP contribution < -0.4 is 11.1 Å². The molecule has 0 aromatic heterocycles. The van der Waals surface area contributed by atoms with Crippen LogP contribution in [0.4, 0.5) is 13.2 Å². The van der Waals surface area contributed by atoms with Gasteiger partial charge in [-0.05, 0) is 84.3 Å². The number of carbonyl (C=O) groups is 3. The van der Waals surface area contributed by atoms with Crippen molar-refractivity contribution < 1.29 is 32.3 Å². The number of rotatable bonds is 7. The van der Waals surface area contributed by atoms with Gasteiger partial charge < -0.3 is 20.7 Å². The number of aryl methyl sites for hydroxylation is 1. The molecule has 1 heterocycles. The lowest BCUT2D eigenvalue weighted by atomic mass is 9.84. The Bertz CT molecular complexity index is 1060. The van der Waals surface area contributed by atoms with E-state index in [-0.39, 0.29) is 18.7 Å². The van der Waals surface area contributed by atoms with Gasteiger partial charge in [0.25, 0.3) is 5.91 Å². The molecule has 1 unspecified atom stereocenters. The number of benzene rings is 1. The molecule has 1 atom stereocenters. The van der Waals surface area contributed by atoms with Gasteiger partial charge in [0, 0.05) is 30.6 Å². The number of nitrogens with two attached hydrogens (primary N) is 1. The number of carbonyl (C=O) groups excluding carboxylic acids is 3. The zero-order valence-corrected chi connectivity index (χ0v) is 28.8. The molecule has 0 saturated heterocycles. The maximum absolute atomic E-state index is 12.5. The molecule has 2 saturated carbocycles. The Morgan fingerprint density at radius 2 is 1.51 bits per heavy atom. The van der Waals surface area contributed by atoms with Crippen molar-refractivity contribution in [3.05, 3.63) is 34.9 Å². The summed E-state index contributed by atoms with van der Waals surface area (Å²) < 4.78 is 42.8. The van der Waals surface area contributed by atoms with Crippen LogP contribution in [0, 0.1) is 12.8 Å². The normalized spacial score (nSPS) is 20.7. The Labute approximate surface area is 269 Å². The molecule has 4 rings (SSSR count). The van der Waals surface area contributed by atoms with Gasteiger partial charge in [-0.2, -0.15) is 13.2 Å². The lowest BCUT2D eigenvalue weighted by Crippen LogP contribution is -2.45. The predicted octanol–water partition coefficient (Wildman–Crippen LogP) is 8.01. The van der Waals surface area contributed by atoms with Gasteiger partial charge in [0.05, 0.1) is 5.92 Å². The van der Waals surface area contributed by atoms with Crippen LogP contribution in [-0.4, -0.2) is 52.6 Å². The van der Waals surface area contributed by atoms with E-state index >= 15 is 0 Å². The fraction of sp³-hybridized carbons (Fsp3) is 0.743. The number of primary amides is 1. The van der Waals surface area contributed by atoms with Gasteiger partial charge in [0.2, 0.25) is 5.91 Å². The van der Waals surface area contributed by atoms with Gasteiger partial charge in [0.15, 0.2) is 0 Å². The molecule has 1 aromatic carbocycles. The quantitative estimate of drug-likeness (QED) is 0.294. The Balaban J connectivity index is 0.000000423. The number of esters is 1. The molecule has 1 aliphatic heterocycles. The molecule has 0 radical (unpaired) electrons. The van der Waals surface area contributed by atoms with Crippen LogP contribution in [0.1, 0.15) is 141 Å². The zero-order valence-electron chi connectivity index (χ0n) is 28.8. The number of alkyl halides is 3. The molecular formula is C35H58F3N3O4. The number of hydrogen-bond donors (Lipinski definition) is 2. The fourth-order valence-corrected chi connectivity index (χ4v) is 6.01. The molecule has 3 aliphatic rings. The van der Waals surface area contributed by atoms with E-state index in [1.165, 1.54) is 37.0 Å². The first kappa shape index (κ1) is 40.4. The highest BCUT2D eigenvalue weighted by atomic mass is 19.4. The van der Waals surface area contributed by atoms with Crippen molar-refractivity contribution in [3.63, 3.8) is 0 Å². The van der Waals surface area contributed by atoms with Gasteiger partial charge in [0.1, 0.15) is 11.6 Å². The standard InChI is InChI=1S/C18H24N2O4.C13H22F3N.2C2H6/c1-11-5-6-13-12(9-11)10-20(17(13)23)14(16(19)22)7-8-15(21)24-18(2,3)4;14-13(15,16)10-6-8-12(9-7-10)17-11-4-2-1-3-5-11;2*1-2/h5-6,9,14H,7-8,10H2,1-4H3,(H2,19,22);10-12,17H,1-9H2;2*1-2H3. The highest BCUT2D eigenvalue weighted by molar-refractivity contribution is 6.01. The number of hydrogen-bond acceptors (Lipinski definition) is 5. The van der Waals surface area contributed by atoms with Crippen molar-refractivity contribution >= 4 is 17.8 Å². The number of ether oxygens (including phenoxy) is 1. The smallest absolute Gasteiger partial charge is 0.391 e. The summed E-state index contributed by atoms with van der Waals surface area (Å²) in [4.78, 5) is 37.7. The third-order valence-electron chi connectivity index (χ3n) is 8.11. The van der Waals surface area contributed by atoms with E-state index in [0.717, 1.165) is 11.1 Å². The predicted molar refractivity (Wildman–Crippen MR) is 174 cm³/mol. The SMILES string of the molecule is CC.CC.Cc1ccc2c(c1)CN(C(CCC(=O)OC(C)(C)C)C(N)=O)C2=O.FC(F)(F)C1CCC(NC2CCCCC2)CC1. The van der Waals surface area contributed by atoms with Gasteiger partial charge >= 0.3 is 12.1 Å². The van der Waals surface area contributed by atoms with E-state index < -0.39 is 35.6 Å². The number of fused-ring (bicyclic) bond motifs is 1. The van der Waals surface area contributed by atoms with E-state index in [1.807, 2.05) is 46.8 Å². The van der Waals surface area contributed by atoms with Gasteiger partial charge in [-0.3, -0.25) is 14.4 Å². The van der Waals surface area contributed by atoms with Crippen LogP contribution >= 0.6 is 0 Å². The van der Waals surface area contributed by atoms with Crippen molar-refractivity contribution in [2.75, 3.05) is 0 Å². The first-order chi connectivity index (χ1) is 21.1. The molecule has 2 fully saturated rings. The molecule has 1 aromatic rings. The van der Waals surface area contributed by atoms with Crippen LogP contribution in [0.25, 0.3) is 0 Å². The van der Waals surface area contributed by atoms with Crippen LogP contribution in [0.3, 0.4) is 0 Å².